The number of carbonyl (C=O) groups excluding carboxylic acids is 3. The molecule has 11 nitrogen and oxygen atoms in total. The van der Waals surface area contributed by atoms with Crippen LogP contribution in [0.3, 0.4) is 0 Å². The summed E-state index contributed by atoms with van der Waals surface area (Å²) in [5, 5.41) is 9.77. The maximum absolute atomic E-state index is 12.9. The van der Waals surface area contributed by atoms with Crippen molar-refractivity contribution >= 4 is 25.7 Å². The molecule has 0 aliphatic rings. The van der Waals surface area contributed by atoms with Crippen molar-refractivity contribution in [2.45, 2.75) is 251 Å². The van der Waals surface area contributed by atoms with Crippen LogP contribution in [-0.2, 0) is 42.2 Å². The van der Waals surface area contributed by atoms with E-state index in [9.17, 15) is 28.9 Å². The maximum Gasteiger partial charge on any atom is 0.472 e. The molecule has 0 aliphatic carbocycles. The minimum atomic E-state index is -4.74. The van der Waals surface area contributed by atoms with Gasteiger partial charge in [-0.1, -0.05) is 204 Å². The monoisotopic (exact) mass is 979 g/mol. The third-order valence-corrected chi connectivity index (χ3v) is 12.4. The molecular formula is C56H99O11P. The molecule has 0 spiro atoms. The van der Waals surface area contributed by atoms with Crippen molar-refractivity contribution in [1.82, 2.24) is 0 Å². The van der Waals surface area contributed by atoms with Crippen LogP contribution in [0.25, 0.3) is 0 Å². The maximum atomic E-state index is 12.9. The highest BCUT2D eigenvalue weighted by Gasteiger charge is 2.28. The molecule has 0 fully saturated rings. The number of carbonyl (C=O) groups is 3. The Labute approximate surface area is 415 Å². The molecule has 3 atom stereocenters. The topological polar surface area (TPSA) is 155 Å². The van der Waals surface area contributed by atoms with Crippen LogP contribution in [0.15, 0.2) is 60.8 Å². The van der Waals surface area contributed by atoms with Crippen LogP contribution in [0.2, 0.25) is 0 Å². The van der Waals surface area contributed by atoms with E-state index in [0.29, 0.717) is 19.3 Å². The molecule has 0 aromatic rings. The van der Waals surface area contributed by atoms with E-state index in [1.54, 1.807) is 0 Å². The largest absolute Gasteiger partial charge is 0.472 e. The smallest absolute Gasteiger partial charge is 0.462 e. The summed E-state index contributed by atoms with van der Waals surface area (Å²) in [6, 6.07) is 0. The first-order valence-corrected chi connectivity index (χ1v) is 28.7. The van der Waals surface area contributed by atoms with Gasteiger partial charge in [0.15, 0.2) is 6.10 Å². The Bertz CT molecular complexity index is 1370. The van der Waals surface area contributed by atoms with Gasteiger partial charge in [0.2, 0.25) is 0 Å². The highest BCUT2D eigenvalue weighted by atomic mass is 31.2. The van der Waals surface area contributed by atoms with Crippen LogP contribution in [0, 0.1) is 0 Å². The van der Waals surface area contributed by atoms with Gasteiger partial charge in [0.05, 0.1) is 19.8 Å². The first kappa shape index (κ1) is 65.2. The van der Waals surface area contributed by atoms with Crippen LogP contribution < -0.4 is 0 Å². The first-order valence-electron chi connectivity index (χ1n) is 27.2. The zero-order chi connectivity index (χ0) is 49.9. The summed E-state index contributed by atoms with van der Waals surface area (Å²) in [6.45, 7) is 4.46. The van der Waals surface area contributed by atoms with Crippen LogP contribution in [0.1, 0.15) is 239 Å². The molecule has 0 amide bonds. The fourth-order valence-electron chi connectivity index (χ4n) is 7.27. The van der Waals surface area contributed by atoms with Gasteiger partial charge in [0.1, 0.15) is 12.7 Å². The number of phosphoric ester groups is 1. The summed E-state index contributed by atoms with van der Waals surface area (Å²) in [5.41, 5.74) is 0. The van der Waals surface area contributed by atoms with Crippen molar-refractivity contribution in [3.63, 3.8) is 0 Å². The van der Waals surface area contributed by atoms with Gasteiger partial charge in [-0.25, -0.2) is 4.57 Å². The SMILES string of the molecule is CC/C=C\C/C=C\C/C=C\C/C=C\CCCCCCCCC(=O)OC(COC(=O)CCCCCCC/C=C\CCCC)COP(=O)(O)OCC(CO)OC(=O)CCCCCCCCCCCCC. The molecule has 0 saturated carbocycles. The number of unbranched alkanes of at least 4 members (excludes halogenated alkanes) is 23. The van der Waals surface area contributed by atoms with Gasteiger partial charge in [0.25, 0.3) is 0 Å². The molecule has 394 valence electrons. The van der Waals surface area contributed by atoms with E-state index in [-0.39, 0.29) is 25.9 Å². The number of esters is 3. The summed E-state index contributed by atoms with van der Waals surface area (Å²) in [5.74, 6) is -1.49. The summed E-state index contributed by atoms with van der Waals surface area (Å²) in [4.78, 5) is 48.3. The zero-order valence-corrected chi connectivity index (χ0v) is 44.2. The van der Waals surface area contributed by atoms with Crippen LogP contribution in [0.5, 0.6) is 0 Å². The van der Waals surface area contributed by atoms with Gasteiger partial charge in [0, 0.05) is 19.3 Å². The molecular weight excluding hydrogens is 880 g/mol. The van der Waals surface area contributed by atoms with Gasteiger partial charge in [-0.15, -0.1) is 0 Å². The second-order valence-corrected chi connectivity index (χ2v) is 19.5. The van der Waals surface area contributed by atoms with Crippen LogP contribution >= 0.6 is 7.82 Å². The Kier molecular flexibility index (Phi) is 48.5. The summed E-state index contributed by atoms with van der Waals surface area (Å²) >= 11 is 0. The Balaban J connectivity index is 4.74. The highest BCUT2D eigenvalue weighted by molar-refractivity contribution is 7.47. The lowest BCUT2D eigenvalue weighted by molar-refractivity contribution is -0.161. The molecule has 2 N–H and O–H groups in total. The third kappa shape index (κ3) is 48.2. The quantitative estimate of drug-likeness (QED) is 0.0197. The van der Waals surface area contributed by atoms with E-state index in [0.717, 1.165) is 122 Å². The van der Waals surface area contributed by atoms with E-state index in [1.807, 2.05) is 0 Å². The van der Waals surface area contributed by atoms with Crippen molar-refractivity contribution in [1.29, 1.82) is 0 Å². The van der Waals surface area contributed by atoms with Gasteiger partial charge >= 0.3 is 25.7 Å². The molecule has 0 aliphatic heterocycles. The third-order valence-electron chi connectivity index (χ3n) is 11.4. The number of hydrogen-bond donors (Lipinski definition) is 2. The molecule has 0 radical (unpaired) electrons. The van der Waals surface area contributed by atoms with Gasteiger partial charge in [-0.2, -0.15) is 0 Å². The van der Waals surface area contributed by atoms with E-state index < -0.39 is 57.8 Å². The summed E-state index contributed by atoms with van der Waals surface area (Å²) in [7, 11) is -4.74. The Morgan fingerprint density at radius 3 is 1.24 bits per heavy atom. The average Bonchev–Trinajstić information content (AvgIpc) is 3.32. The molecule has 0 aromatic heterocycles. The van der Waals surface area contributed by atoms with Crippen LogP contribution in [0.4, 0.5) is 0 Å². The van der Waals surface area contributed by atoms with E-state index >= 15 is 0 Å². The number of hydrogen-bond acceptors (Lipinski definition) is 10. The number of ether oxygens (including phenoxy) is 3. The lowest BCUT2D eigenvalue weighted by Crippen LogP contribution is -2.30. The van der Waals surface area contributed by atoms with E-state index in [2.05, 4.69) is 81.5 Å². The standard InChI is InChI=1S/C56H99O11P/c1-4-7-10-13-16-19-22-23-24-25-26-27-28-29-32-35-38-41-44-47-56(60)67-53(49-63-54(58)45-42-39-36-33-30-20-17-14-11-8-5-2)51-65-68(61,62)64-50-52(48-57)66-55(59)46-43-40-37-34-31-21-18-15-12-9-6-3/h7,10,14,16-17,19,23-24,26-27,52-53,57H,4-6,8-9,11-13,15,18,20-22,25,28-51H2,1-3H3,(H,61,62)/b10-7-,17-14-,19-16-,24-23-,27-26-. The van der Waals surface area contributed by atoms with Gasteiger partial charge in [-0.05, 0) is 77.0 Å². The zero-order valence-electron chi connectivity index (χ0n) is 43.3. The van der Waals surface area contributed by atoms with Crippen molar-refractivity contribution < 1.29 is 52.2 Å². The predicted octanol–water partition coefficient (Wildman–Crippen LogP) is 15.6. The molecule has 12 heteroatoms. The number of rotatable bonds is 50. The fraction of sp³-hybridized carbons (Fsp3) is 0.768. The van der Waals surface area contributed by atoms with Gasteiger partial charge in [-0.3, -0.25) is 23.4 Å². The van der Waals surface area contributed by atoms with E-state index in [4.69, 9.17) is 23.3 Å². The normalized spacial score (nSPS) is 13.9. The number of phosphoric acid groups is 1. The number of allylic oxidation sites excluding steroid dienone is 10. The molecule has 0 aromatic carbocycles. The second-order valence-electron chi connectivity index (χ2n) is 18.0. The molecule has 3 unspecified atom stereocenters. The second kappa shape index (κ2) is 50.6. The van der Waals surface area contributed by atoms with Crippen molar-refractivity contribution in [3.05, 3.63) is 60.8 Å². The van der Waals surface area contributed by atoms with Gasteiger partial charge < -0.3 is 24.2 Å². The Morgan fingerprint density at radius 1 is 0.426 bits per heavy atom. The van der Waals surface area contributed by atoms with Crippen LogP contribution in [-0.4, -0.2) is 66.5 Å². The lowest BCUT2D eigenvalue weighted by atomic mass is 10.1. The lowest BCUT2D eigenvalue weighted by Gasteiger charge is -2.21. The molecule has 68 heavy (non-hydrogen) atoms. The van der Waals surface area contributed by atoms with Crippen molar-refractivity contribution in [3.8, 4) is 0 Å². The minimum Gasteiger partial charge on any atom is -0.462 e. The molecule has 0 rings (SSSR count). The molecule has 0 saturated heterocycles. The Morgan fingerprint density at radius 2 is 0.779 bits per heavy atom. The number of aliphatic hydroxyl groups excluding tert-OH is 1. The summed E-state index contributed by atoms with van der Waals surface area (Å²) < 4.78 is 39.4. The van der Waals surface area contributed by atoms with Crippen molar-refractivity contribution in [2.75, 3.05) is 26.4 Å². The minimum absolute atomic E-state index is 0.150. The number of aliphatic hydroxyl groups is 1. The Hall–Kier alpha value is -2.82. The first-order chi connectivity index (χ1) is 33.2. The van der Waals surface area contributed by atoms with Crippen molar-refractivity contribution in [2.24, 2.45) is 0 Å². The fourth-order valence-corrected chi connectivity index (χ4v) is 8.05. The summed E-state index contributed by atoms with van der Waals surface area (Å²) in [6.07, 6.45) is 53.3. The molecule has 0 heterocycles. The van der Waals surface area contributed by atoms with E-state index in [1.165, 1.54) is 57.8 Å². The molecule has 0 bridgehead atoms. The average molecular weight is 979 g/mol. The predicted molar refractivity (Wildman–Crippen MR) is 279 cm³/mol. The highest BCUT2D eigenvalue weighted by Crippen LogP contribution is 2.43.